The summed E-state index contributed by atoms with van der Waals surface area (Å²) in [5.41, 5.74) is -0.396. The molecule has 0 saturated heterocycles. The van der Waals surface area contributed by atoms with Gasteiger partial charge in [-0.1, -0.05) is 6.07 Å². The molecule has 1 N–H and O–H groups in total. The van der Waals surface area contributed by atoms with E-state index in [0.717, 1.165) is 6.07 Å². The molecule has 0 atom stereocenters. The average Bonchev–Trinajstić information content (AvgIpc) is 2.35. The van der Waals surface area contributed by atoms with Crippen LogP contribution in [0.2, 0.25) is 0 Å². The van der Waals surface area contributed by atoms with Crippen LogP contribution in [0.15, 0.2) is 34.9 Å². The van der Waals surface area contributed by atoms with Crippen LogP contribution in [0.1, 0.15) is 10.5 Å². The summed E-state index contributed by atoms with van der Waals surface area (Å²) < 4.78 is 32.0. The lowest BCUT2D eigenvalue weighted by Crippen LogP contribution is -2.04. The third-order valence-electron chi connectivity index (χ3n) is 2.16. The number of carboxylic acid groups (broad SMARTS) is 1. The summed E-state index contributed by atoms with van der Waals surface area (Å²) in [7, 11) is 0. The Bertz CT molecular complexity index is 649. The number of carbonyl (C=O) groups is 1. The van der Waals surface area contributed by atoms with Gasteiger partial charge in [0.05, 0.1) is 0 Å². The van der Waals surface area contributed by atoms with Crippen molar-refractivity contribution in [3.8, 4) is 11.5 Å². The standard InChI is InChI=1S/C12H6BrF2NO3/c13-6-4-9(11(12(17)18)16-5-6)19-8-3-1-2-7(14)10(8)15/h1-5H,(H,17,18). The van der Waals surface area contributed by atoms with Gasteiger partial charge in [0.15, 0.2) is 23.0 Å². The third-order valence-corrected chi connectivity index (χ3v) is 2.59. The van der Waals surface area contributed by atoms with E-state index in [-0.39, 0.29) is 5.75 Å². The zero-order valence-corrected chi connectivity index (χ0v) is 10.8. The van der Waals surface area contributed by atoms with Crippen LogP contribution in [-0.4, -0.2) is 16.1 Å². The summed E-state index contributed by atoms with van der Waals surface area (Å²) >= 11 is 3.09. The van der Waals surface area contributed by atoms with E-state index in [1.165, 1.54) is 24.4 Å². The lowest BCUT2D eigenvalue weighted by Gasteiger charge is -2.09. The molecule has 0 fully saturated rings. The van der Waals surface area contributed by atoms with Crippen molar-refractivity contribution in [1.29, 1.82) is 0 Å². The number of halogens is 3. The first kappa shape index (κ1) is 13.4. The number of benzene rings is 1. The summed E-state index contributed by atoms with van der Waals surface area (Å²) in [6.45, 7) is 0. The van der Waals surface area contributed by atoms with Crippen molar-refractivity contribution in [1.82, 2.24) is 4.98 Å². The van der Waals surface area contributed by atoms with Crippen LogP contribution in [0.5, 0.6) is 11.5 Å². The number of ether oxygens (including phenoxy) is 1. The fourth-order valence-corrected chi connectivity index (χ4v) is 1.65. The molecule has 0 saturated carbocycles. The van der Waals surface area contributed by atoms with Crippen molar-refractivity contribution in [2.75, 3.05) is 0 Å². The van der Waals surface area contributed by atoms with Gasteiger partial charge in [-0.2, -0.15) is 4.39 Å². The molecule has 0 radical (unpaired) electrons. The second-order valence-corrected chi connectivity index (χ2v) is 4.38. The molecule has 0 aliphatic rings. The maximum absolute atomic E-state index is 13.4. The smallest absolute Gasteiger partial charge is 0.358 e. The molecule has 0 aliphatic carbocycles. The summed E-state index contributed by atoms with van der Waals surface area (Å²) in [4.78, 5) is 14.6. The first-order valence-electron chi connectivity index (χ1n) is 4.99. The normalized spacial score (nSPS) is 10.3. The maximum atomic E-state index is 13.4. The number of carboxylic acids is 1. The van der Waals surface area contributed by atoms with Gasteiger partial charge in [-0.3, -0.25) is 0 Å². The van der Waals surface area contributed by atoms with E-state index in [1.54, 1.807) is 0 Å². The largest absolute Gasteiger partial charge is 0.476 e. The lowest BCUT2D eigenvalue weighted by molar-refractivity contribution is 0.0687. The van der Waals surface area contributed by atoms with Crippen LogP contribution in [0.4, 0.5) is 8.78 Å². The minimum absolute atomic E-state index is 0.189. The van der Waals surface area contributed by atoms with Gasteiger partial charge < -0.3 is 9.84 Å². The van der Waals surface area contributed by atoms with E-state index in [0.29, 0.717) is 4.47 Å². The van der Waals surface area contributed by atoms with E-state index < -0.39 is 29.0 Å². The van der Waals surface area contributed by atoms with E-state index >= 15 is 0 Å². The lowest BCUT2D eigenvalue weighted by atomic mass is 10.3. The Kier molecular flexibility index (Phi) is 3.75. The first-order chi connectivity index (χ1) is 8.99. The number of rotatable bonds is 3. The van der Waals surface area contributed by atoms with Gasteiger partial charge in [0.25, 0.3) is 0 Å². The van der Waals surface area contributed by atoms with Crippen LogP contribution in [0, 0.1) is 11.6 Å². The highest BCUT2D eigenvalue weighted by Gasteiger charge is 2.17. The van der Waals surface area contributed by atoms with Gasteiger partial charge in [-0.25, -0.2) is 14.2 Å². The highest BCUT2D eigenvalue weighted by Crippen LogP contribution is 2.29. The Labute approximate surface area is 114 Å². The molecule has 0 amide bonds. The quantitative estimate of drug-likeness (QED) is 0.934. The molecule has 0 spiro atoms. The molecule has 0 bridgehead atoms. The Balaban J connectivity index is 2.45. The predicted octanol–water partition coefficient (Wildman–Crippen LogP) is 3.61. The van der Waals surface area contributed by atoms with Gasteiger partial charge in [0.2, 0.25) is 5.82 Å². The molecule has 0 aliphatic heterocycles. The van der Waals surface area contributed by atoms with Gasteiger partial charge in [0.1, 0.15) is 0 Å². The Morgan fingerprint density at radius 1 is 1.32 bits per heavy atom. The van der Waals surface area contributed by atoms with E-state index in [4.69, 9.17) is 9.84 Å². The number of pyridine rings is 1. The van der Waals surface area contributed by atoms with E-state index in [2.05, 4.69) is 20.9 Å². The third kappa shape index (κ3) is 2.87. The zero-order valence-electron chi connectivity index (χ0n) is 9.23. The highest BCUT2D eigenvalue weighted by molar-refractivity contribution is 9.10. The molecule has 4 nitrogen and oxygen atoms in total. The van der Waals surface area contributed by atoms with E-state index in [1.807, 2.05) is 0 Å². The first-order valence-corrected chi connectivity index (χ1v) is 5.79. The molecule has 1 aromatic carbocycles. The van der Waals surface area contributed by atoms with Gasteiger partial charge in [0, 0.05) is 10.7 Å². The van der Waals surface area contributed by atoms with Crippen LogP contribution in [0.25, 0.3) is 0 Å². The zero-order chi connectivity index (χ0) is 14.0. The number of hydrogen-bond acceptors (Lipinski definition) is 3. The van der Waals surface area contributed by atoms with Crippen LogP contribution >= 0.6 is 15.9 Å². The minimum Gasteiger partial charge on any atom is -0.476 e. The van der Waals surface area contributed by atoms with Crippen molar-refractivity contribution in [3.05, 3.63) is 52.3 Å². The molecule has 7 heteroatoms. The second kappa shape index (κ2) is 5.31. The number of nitrogens with zero attached hydrogens (tertiary/aromatic N) is 1. The Morgan fingerprint density at radius 3 is 2.74 bits per heavy atom. The van der Waals surface area contributed by atoms with Crippen LogP contribution in [0.3, 0.4) is 0 Å². The highest BCUT2D eigenvalue weighted by atomic mass is 79.9. The summed E-state index contributed by atoms with van der Waals surface area (Å²) in [5.74, 6) is -4.22. The van der Waals surface area contributed by atoms with E-state index in [9.17, 15) is 13.6 Å². The molecule has 0 unspecified atom stereocenters. The fraction of sp³-hybridized carbons (Fsp3) is 0. The molecule has 19 heavy (non-hydrogen) atoms. The maximum Gasteiger partial charge on any atom is 0.358 e. The fourth-order valence-electron chi connectivity index (χ4n) is 1.34. The van der Waals surface area contributed by atoms with Crippen molar-refractivity contribution in [2.24, 2.45) is 0 Å². The number of aromatic nitrogens is 1. The molecule has 2 rings (SSSR count). The second-order valence-electron chi connectivity index (χ2n) is 3.46. The monoisotopic (exact) mass is 329 g/mol. The number of aromatic carboxylic acids is 1. The molecule has 1 heterocycles. The summed E-state index contributed by atoms with van der Waals surface area (Å²) in [6, 6.07) is 4.67. The molecular weight excluding hydrogens is 324 g/mol. The van der Waals surface area contributed by atoms with Crippen molar-refractivity contribution in [3.63, 3.8) is 0 Å². The summed E-state index contributed by atoms with van der Waals surface area (Å²) in [6.07, 6.45) is 1.26. The average molecular weight is 330 g/mol. The molecular formula is C12H6BrF2NO3. The van der Waals surface area contributed by atoms with Gasteiger partial charge >= 0.3 is 5.97 Å². The van der Waals surface area contributed by atoms with Gasteiger partial charge in [-0.05, 0) is 34.1 Å². The molecule has 2 aromatic rings. The molecule has 98 valence electrons. The van der Waals surface area contributed by atoms with Gasteiger partial charge in [-0.15, -0.1) is 0 Å². The van der Waals surface area contributed by atoms with Crippen molar-refractivity contribution in [2.45, 2.75) is 0 Å². The topological polar surface area (TPSA) is 59.4 Å². The summed E-state index contributed by atoms with van der Waals surface area (Å²) in [5, 5.41) is 8.93. The minimum atomic E-state index is -1.33. The van der Waals surface area contributed by atoms with Crippen molar-refractivity contribution >= 4 is 21.9 Å². The Hall–Kier alpha value is -2.02. The van der Waals surface area contributed by atoms with Crippen LogP contribution < -0.4 is 4.74 Å². The number of hydrogen-bond donors (Lipinski definition) is 1. The Morgan fingerprint density at radius 2 is 2.05 bits per heavy atom. The molecule has 1 aromatic heterocycles. The van der Waals surface area contributed by atoms with Crippen LogP contribution in [-0.2, 0) is 0 Å². The SMILES string of the molecule is O=C(O)c1ncc(Br)cc1Oc1cccc(F)c1F. The van der Waals surface area contributed by atoms with Crippen molar-refractivity contribution < 1.29 is 23.4 Å². The predicted molar refractivity (Wildman–Crippen MR) is 65.3 cm³/mol.